The normalized spacial score (nSPS) is 25.1. The Morgan fingerprint density at radius 3 is 2.61 bits per heavy atom. The van der Waals surface area contributed by atoms with Crippen LogP contribution < -0.4 is 10.6 Å². The Balaban J connectivity index is 1.28. The highest BCUT2D eigenvalue weighted by molar-refractivity contribution is 8.00. The van der Waals surface area contributed by atoms with Crippen molar-refractivity contribution in [2.75, 3.05) is 12.8 Å². The first-order valence-electron chi connectivity index (χ1n) is 8.45. The van der Waals surface area contributed by atoms with Crippen LogP contribution in [0.4, 0.5) is 4.79 Å². The third-order valence-corrected chi connectivity index (χ3v) is 6.50. The van der Waals surface area contributed by atoms with E-state index in [1.807, 2.05) is 42.1 Å². The zero-order valence-electron chi connectivity index (χ0n) is 13.7. The number of ether oxygens (including phenoxy) is 1. The van der Waals surface area contributed by atoms with Crippen LogP contribution in [-0.2, 0) is 11.3 Å². The van der Waals surface area contributed by atoms with Crippen LogP contribution in [0.15, 0.2) is 30.3 Å². The summed E-state index contributed by atoms with van der Waals surface area (Å²) in [6.45, 7) is 1.43. The van der Waals surface area contributed by atoms with Crippen molar-refractivity contribution in [3.8, 4) is 0 Å². The molecule has 0 atom stereocenters. The van der Waals surface area contributed by atoms with Gasteiger partial charge in [0.15, 0.2) is 0 Å². The molecule has 2 saturated carbocycles. The molecule has 0 bridgehead atoms. The van der Waals surface area contributed by atoms with Crippen molar-refractivity contribution < 1.29 is 9.53 Å². The van der Waals surface area contributed by atoms with Crippen molar-refractivity contribution in [2.45, 2.75) is 55.5 Å². The molecule has 0 spiro atoms. The number of carbonyl (C=O) groups excluding carboxylic acids is 1. The lowest BCUT2D eigenvalue weighted by Gasteiger charge is -2.44. The number of amides is 1. The molecule has 4 nitrogen and oxygen atoms in total. The largest absolute Gasteiger partial charge is 0.445 e. The van der Waals surface area contributed by atoms with E-state index in [2.05, 4.69) is 16.9 Å². The highest BCUT2D eigenvalue weighted by Crippen LogP contribution is 2.42. The van der Waals surface area contributed by atoms with Gasteiger partial charge in [-0.25, -0.2) is 4.79 Å². The van der Waals surface area contributed by atoms with Gasteiger partial charge in [-0.05, 0) is 37.5 Å². The fraction of sp³-hybridized carbons (Fsp3) is 0.611. The predicted molar refractivity (Wildman–Crippen MR) is 94.7 cm³/mol. The second-order valence-electron chi connectivity index (χ2n) is 6.69. The summed E-state index contributed by atoms with van der Waals surface area (Å²) in [5, 5.41) is 6.61. The van der Waals surface area contributed by atoms with Gasteiger partial charge in [-0.1, -0.05) is 36.8 Å². The van der Waals surface area contributed by atoms with Gasteiger partial charge in [0.2, 0.25) is 0 Å². The van der Waals surface area contributed by atoms with E-state index in [1.165, 1.54) is 19.3 Å². The Kier molecular flexibility index (Phi) is 5.49. The molecule has 0 aromatic heterocycles. The Morgan fingerprint density at radius 2 is 2.00 bits per heavy atom. The number of hydrogen-bond acceptors (Lipinski definition) is 4. The summed E-state index contributed by atoms with van der Waals surface area (Å²) in [5.41, 5.74) is 1.01. The summed E-state index contributed by atoms with van der Waals surface area (Å²) in [5.74, 6) is 0. The topological polar surface area (TPSA) is 50.4 Å². The van der Waals surface area contributed by atoms with Crippen molar-refractivity contribution in [3.63, 3.8) is 0 Å². The van der Waals surface area contributed by atoms with Crippen LogP contribution in [0.5, 0.6) is 0 Å². The summed E-state index contributed by atoms with van der Waals surface area (Å²) in [6.07, 6.45) is 7.95. The number of benzene rings is 1. The zero-order valence-corrected chi connectivity index (χ0v) is 14.5. The molecule has 0 aliphatic heterocycles. The molecule has 3 rings (SSSR count). The number of carbonyl (C=O) groups is 1. The number of hydrogen-bond donors (Lipinski definition) is 2. The third-order valence-electron chi connectivity index (χ3n) is 5.08. The maximum absolute atomic E-state index is 11.8. The van der Waals surface area contributed by atoms with Crippen LogP contribution >= 0.6 is 11.8 Å². The minimum Gasteiger partial charge on any atom is -0.445 e. The Bertz CT molecular complexity index is 508. The fourth-order valence-corrected chi connectivity index (χ4v) is 4.11. The van der Waals surface area contributed by atoms with Crippen molar-refractivity contribution in [1.29, 1.82) is 0 Å². The molecule has 0 radical (unpaired) electrons. The number of thioether (sulfide) groups is 1. The van der Waals surface area contributed by atoms with Gasteiger partial charge >= 0.3 is 6.09 Å². The van der Waals surface area contributed by atoms with Crippen molar-refractivity contribution in [1.82, 2.24) is 10.6 Å². The summed E-state index contributed by atoms with van der Waals surface area (Å²) < 4.78 is 5.73. The average Bonchev–Trinajstić information content (AvgIpc) is 2.50. The predicted octanol–water partition coefficient (Wildman–Crippen LogP) is 3.32. The van der Waals surface area contributed by atoms with Crippen molar-refractivity contribution in [3.05, 3.63) is 35.9 Å². The van der Waals surface area contributed by atoms with Gasteiger partial charge < -0.3 is 15.4 Å². The molecule has 1 aromatic rings. The van der Waals surface area contributed by atoms with E-state index < -0.39 is 0 Å². The SMILES string of the molecule is CSC1(CNC2CC(NC(=O)OCc3ccccc3)C2)CCC1. The first-order valence-corrected chi connectivity index (χ1v) is 9.67. The minimum atomic E-state index is -0.308. The molecule has 2 aliphatic rings. The smallest absolute Gasteiger partial charge is 0.407 e. The van der Waals surface area contributed by atoms with Crippen LogP contribution in [0.3, 0.4) is 0 Å². The van der Waals surface area contributed by atoms with Crippen LogP contribution in [0.25, 0.3) is 0 Å². The second-order valence-corrected chi connectivity index (χ2v) is 7.97. The average molecular weight is 334 g/mol. The molecular weight excluding hydrogens is 308 g/mol. The molecule has 0 unspecified atom stereocenters. The number of nitrogens with one attached hydrogen (secondary N) is 2. The van der Waals surface area contributed by atoms with E-state index in [0.29, 0.717) is 17.4 Å². The quantitative estimate of drug-likeness (QED) is 0.803. The van der Waals surface area contributed by atoms with Crippen LogP contribution in [0.2, 0.25) is 0 Å². The number of alkyl carbamates (subject to hydrolysis) is 1. The fourth-order valence-electron chi connectivity index (χ4n) is 3.19. The van der Waals surface area contributed by atoms with Crippen LogP contribution in [0.1, 0.15) is 37.7 Å². The van der Waals surface area contributed by atoms with E-state index in [-0.39, 0.29) is 12.1 Å². The summed E-state index contributed by atoms with van der Waals surface area (Å²) in [6, 6.07) is 10.6. The first kappa shape index (κ1) is 16.7. The second kappa shape index (κ2) is 7.58. The highest BCUT2D eigenvalue weighted by Gasteiger charge is 2.38. The van der Waals surface area contributed by atoms with E-state index in [9.17, 15) is 4.79 Å². The van der Waals surface area contributed by atoms with Crippen molar-refractivity contribution in [2.24, 2.45) is 0 Å². The maximum atomic E-state index is 11.8. The molecule has 0 heterocycles. The van der Waals surface area contributed by atoms with Gasteiger partial charge in [-0.2, -0.15) is 11.8 Å². The van der Waals surface area contributed by atoms with Gasteiger partial charge in [0.05, 0.1) is 0 Å². The van der Waals surface area contributed by atoms with Gasteiger partial charge in [0.1, 0.15) is 6.61 Å². The molecule has 1 aromatic carbocycles. The molecule has 126 valence electrons. The lowest BCUT2D eigenvalue weighted by atomic mass is 9.82. The first-order chi connectivity index (χ1) is 11.2. The lowest BCUT2D eigenvalue weighted by Crippen LogP contribution is -2.55. The third kappa shape index (κ3) is 4.42. The standard InChI is InChI=1S/C18H26N2O2S/c1-23-18(8-5-9-18)13-19-15-10-16(11-15)20-17(21)22-12-14-6-3-2-4-7-14/h2-4,6-7,15-16,19H,5,8-13H2,1H3,(H,20,21). The molecular formula is C18H26N2O2S. The van der Waals surface area contributed by atoms with Gasteiger partial charge in [0, 0.05) is 23.4 Å². The van der Waals surface area contributed by atoms with Gasteiger partial charge in [0.25, 0.3) is 0 Å². The maximum Gasteiger partial charge on any atom is 0.407 e. The monoisotopic (exact) mass is 334 g/mol. The van der Waals surface area contributed by atoms with E-state index in [4.69, 9.17) is 4.74 Å². The van der Waals surface area contributed by atoms with Gasteiger partial charge in [-0.15, -0.1) is 0 Å². The molecule has 5 heteroatoms. The molecule has 2 N–H and O–H groups in total. The van der Waals surface area contributed by atoms with E-state index in [0.717, 1.165) is 24.9 Å². The van der Waals surface area contributed by atoms with E-state index >= 15 is 0 Å². The Morgan fingerprint density at radius 1 is 1.26 bits per heavy atom. The Labute approximate surface area is 142 Å². The highest BCUT2D eigenvalue weighted by atomic mass is 32.2. The molecule has 2 fully saturated rings. The number of rotatable bonds is 7. The summed E-state index contributed by atoms with van der Waals surface area (Å²) >= 11 is 2.00. The Hall–Kier alpha value is -1.20. The zero-order chi connectivity index (χ0) is 16.1. The van der Waals surface area contributed by atoms with E-state index in [1.54, 1.807) is 0 Å². The van der Waals surface area contributed by atoms with Gasteiger partial charge in [-0.3, -0.25) is 0 Å². The van der Waals surface area contributed by atoms with Crippen molar-refractivity contribution >= 4 is 17.9 Å². The molecule has 1 amide bonds. The van der Waals surface area contributed by atoms with Crippen LogP contribution in [0, 0.1) is 0 Å². The lowest BCUT2D eigenvalue weighted by molar-refractivity contribution is 0.125. The summed E-state index contributed by atoms with van der Waals surface area (Å²) in [7, 11) is 0. The summed E-state index contributed by atoms with van der Waals surface area (Å²) in [4.78, 5) is 11.8. The minimum absolute atomic E-state index is 0.252. The molecule has 0 saturated heterocycles. The van der Waals surface area contributed by atoms with Crippen LogP contribution in [-0.4, -0.2) is 35.7 Å². The molecule has 2 aliphatic carbocycles. The molecule has 23 heavy (non-hydrogen) atoms.